The molecule has 0 saturated carbocycles. The van der Waals surface area contributed by atoms with Gasteiger partial charge in [-0.15, -0.1) is 0 Å². The predicted octanol–water partition coefficient (Wildman–Crippen LogP) is -7.25. The second-order valence-electron chi connectivity index (χ2n) is 0.448. The maximum Gasteiger partial charge on any atom is 0.394 e. The van der Waals surface area contributed by atoms with Crippen molar-refractivity contribution in [1.82, 2.24) is 0 Å². The van der Waals surface area contributed by atoms with Crippen LogP contribution < -0.4 is 0 Å². The average molecular weight is 294 g/mol. The minimum absolute atomic E-state index is 0. The van der Waals surface area contributed by atoms with E-state index in [1.807, 2.05) is 0 Å². The van der Waals surface area contributed by atoms with Gasteiger partial charge >= 0.3 is 10.4 Å². The molecule has 0 aromatic rings. The molecule has 0 rings (SSSR count). The van der Waals surface area contributed by atoms with Gasteiger partial charge < -0.3 is 43.8 Å². The first-order valence-electron chi connectivity index (χ1n) is 0.698. The Morgan fingerprint density at radius 3 is 0.571 bits per heavy atom. The Hall–Kier alpha value is 0.0825. The molecule has 0 aliphatic heterocycles. The van der Waals surface area contributed by atoms with Gasteiger partial charge in [0.15, 0.2) is 0 Å². The van der Waals surface area contributed by atoms with Gasteiger partial charge in [0.1, 0.15) is 0 Å². The summed E-state index contributed by atoms with van der Waals surface area (Å²) in [6.45, 7) is 0. The van der Waals surface area contributed by atoms with Gasteiger partial charge in [0.25, 0.3) is 0 Å². The van der Waals surface area contributed by atoms with Gasteiger partial charge in [-0.25, -0.2) is 0 Å². The van der Waals surface area contributed by atoms with Crippen LogP contribution in [0.1, 0.15) is 0 Å². The van der Waals surface area contributed by atoms with Crippen LogP contribution in [0.2, 0.25) is 0 Å². The summed E-state index contributed by atoms with van der Waals surface area (Å²) in [5.74, 6) is 0. The van der Waals surface area contributed by atoms with Crippen LogP contribution in [-0.2, 0) is 27.8 Å². The second kappa shape index (κ2) is 51.6. The van der Waals surface area contributed by atoms with Crippen LogP contribution in [0.25, 0.3) is 0 Å². The first kappa shape index (κ1) is 145. The molecule has 0 fully saturated rings. The molecule has 0 unspecified atom stereocenters. The van der Waals surface area contributed by atoms with E-state index in [1.54, 1.807) is 0 Å². The van der Waals surface area contributed by atoms with Crippen molar-refractivity contribution in [2.75, 3.05) is 0 Å². The molecule has 14 heteroatoms. The van der Waals surface area contributed by atoms with Crippen LogP contribution in [0.3, 0.4) is 0 Å². The maximum absolute atomic E-state index is 8.74. The van der Waals surface area contributed by atoms with Crippen molar-refractivity contribution < 1.29 is 78.7 Å². The molecule has 0 aromatic carbocycles. The quantitative estimate of drug-likeness (QED) is 0.410. The second-order valence-corrected chi connectivity index (χ2v) is 1.34. The van der Waals surface area contributed by atoms with E-state index in [4.69, 9.17) is 17.5 Å². The molecular weight excluding hydrogens is 276 g/mol. The fourth-order valence-electron chi connectivity index (χ4n) is 0. The van der Waals surface area contributed by atoms with Crippen molar-refractivity contribution in [2.45, 2.75) is 0 Å². The van der Waals surface area contributed by atoms with Crippen LogP contribution in [0, 0.1) is 0 Å². The molecule has 0 radical (unpaired) electrons. The smallest absolute Gasteiger partial charge is 0.394 e. The normalized spacial score (nSPS) is 4.14. The molecule has 0 amide bonds. The Morgan fingerprint density at radius 1 is 0.571 bits per heavy atom. The Bertz CT molecular complexity index is 93.5. The summed E-state index contributed by atoms with van der Waals surface area (Å²) in [5.41, 5.74) is 0. The Kier molecular flexibility index (Phi) is 533. The van der Waals surface area contributed by atoms with E-state index in [0.717, 1.165) is 0 Å². The topological polar surface area (TPSA) is 327 Å². The van der Waals surface area contributed by atoms with Gasteiger partial charge in [-0.2, -0.15) is 8.42 Å². The van der Waals surface area contributed by atoms with Crippen molar-refractivity contribution >= 4 is 10.4 Å². The van der Waals surface area contributed by atoms with Gasteiger partial charge in [0, 0.05) is 17.4 Å². The summed E-state index contributed by atoms with van der Waals surface area (Å²) in [6, 6.07) is 0. The van der Waals surface area contributed by atoms with Gasteiger partial charge in [-0.3, -0.25) is 9.11 Å². The van der Waals surface area contributed by atoms with Crippen molar-refractivity contribution in [3.8, 4) is 0 Å². The van der Waals surface area contributed by atoms with Crippen molar-refractivity contribution in [3.63, 3.8) is 0 Å². The third-order valence-corrected chi connectivity index (χ3v) is 0. The van der Waals surface area contributed by atoms with Gasteiger partial charge in [0.2, 0.25) is 0 Å². The molecule has 0 atom stereocenters. The Labute approximate surface area is 89.7 Å². The van der Waals surface area contributed by atoms with E-state index in [1.165, 1.54) is 0 Å². The fraction of sp³-hybridized carbons (Fsp3) is 0. The van der Waals surface area contributed by atoms with Crippen LogP contribution in [0.5, 0.6) is 0 Å². The zero-order chi connectivity index (χ0) is 4.50. The van der Waals surface area contributed by atoms with E-state index >= 15 is 0 Å². The maximum atomic E-state index is 8.74. The molecule has 18 N–H and O–H groups in total. The molecule has 0 aromatic heterocycles. The van der Waals surface area contributed by atoms with E-state index in [9.17, 15) is 0 Å². The molecule has 102 valence electrons. The van der Waals surface area contributed by atoms with E-state index in [2.05, 4.69) is 0 Å². The molecule has 0 aliphatic carbocycles. The summed E-state index contributed by atoms with van der Waals surface area (Å²) in [6.07, 6.45) is 0. The first-order valence-corrected chi connectivity index (χ1v) is 2.10. The van der Waals surface area contributed by atoms with Crippen molar-refractivity contribution in [3.05, 3.63) is 0 Å². The average Bonchev–Trinajstić information content (AvgIpc) is 0.722. The SMILES string of the molecule is O.O.O.O.O.O.O.O.O=S(=O)(O)O.[Cr]. The molecule has 12 nitrogen and oxygen atoms in total. The molecule has 0 spiro atoms. The third-order valence-electron chi connectivity index (χ3n) is 0. The van der Waals surface area contributed by atoms with E-state index in [-0.39, 0.29) is 61.2 Å². The Balaban J connectivity index is -0.00000000222. The van der Waals surface area contributed by atoms with E-state index < -0.39 is 10.4 Å². The van der Waals surface area contributed by atoms with Crippen LogP contribution in [0.15, 0.2) is 0 Å². The van der Waals surface area contributed by atoms with Crippen LogP contribution in [-0.4, -0.2) is 61.3 Å². The molecule has 0 saturated heterocycles. The Morgan fingerprint density at radius 2 is 0.571 bits per heavy atom. The summed E-state index contributed by atoms with van der Waals surface area (Å²) < 4.78 is 31.6. The molecule has 0 bridgehead atoms. The minimum atomic E-state index is -4.67. The standard InChI is InChI=1S/Cr.H2O4S.8H2O/c;1-5(2,3)4;;;;;;;;/h;(H2,1,2,3,4);8*1H2. The fourth-order valence-corrected chi connectivity index (χ4v) is 0. The predicted molar refractivity (Wildman–Crippen MR) is 43.1 cm³/mol. The molecule has 14 heavy (non-hydrogen) atoms. The van der Waals surface area contributed by atoms with Crippen molar-refractivity contribution in [2.24, 2.45) is 0 Å². The largest absolute Gasteiger partial charge is 0.412 e. The summed E-state index contributed by atoms with van der Waals surface area (Å²) >= 11 is 0. The van der Waals surface area contributed by atoms with Gasteiger partial charge in [-0.05, 0) is 0 Å². The van der Waals surface area contributed by atoms with Crippen molar-refractivity contribution in [1.29, 1.82) is 0 Å². The number of rotatable bonds is 0. The first-order chi connectivity index (χ1) is 2.00. The zero-order valence-electron chi connectivity index (χ0n) is 6.53. The number of hydrogen-bond donors (Lipinski definition) is 2. The number of hydrogen-bond acceptors (Lipinski definition) is 2. The van der Waals surface area contributed by atoms with Gasteiger partial charge in [0.05, 0.1) is 0 Å². The third kappa shape index (κ3) is 218000. The molecule has 0 heterocycles. The van der Waals surface area contributed by atoms with Crippen LogP contribution in [0.4, 0.5) is 0 Å². The van der Waals surface area contributed by atoms with Crippen LogP contribution >= 0.6 is 0 Å². The summed E-state index contributed by atoms with van der Waals surface area (Å²) in [7, 11) is -4.67. The molecular formula is H18CrO12S. The van der Waals surface area contributed by atoms with Gasteiger partial charge in [-0.1, -0.05) is 0 Å². The summed E-state index contributed by atoms with van der Waals surface area (Å²) in [4.78, 5) is 0. The van der Waals surface area contributed by atoms with E-state index in [0.29, 0.717) is 0 Å². The molecule has 0 aliphatic rings. The minimum Gasteiger partial charge on any atom is -0.412 e. The monoisotopic (exact) mass is 294 g/mol. The summed E-state index contributed by atoms with van der Waals surface area (Å²) in [5, 5.41) is 0. The zero-order valence-corrected chi connectivity index (χ0v) is 8.62.